The SMILES string of the molecule is CC(OC(=O)CO[N+](=O)[O-])C(=O)Oc1ccc(CC(NC(=O)CCCCCO[N+](=O)[O-])C(=O)OCCCCCC(=O)OCCCCCC(=O)OCCCCCC(=O)OCCCCCC(=O)OCCCCO[N+](=O)[O-])cc1. The predicted octanol–water partition coefficient (Wildman–Crippen LogP) is 5.47. The van der Waals surface area contributed by atoms with Crippen LogP contribution >= 0.6 is 0 Å². The Kier molecular flexibility index (Phi) is 37.6. The van der Waals surface area contributed by atoms with Gasteiger partial charge in [0.05, 0.1) is 46.2 Å². The molecule has 76 heavy (non-hydrogen) atoms. The third-order valence-electron chi connectivity index (χ3n) is 10.5. The molecular weight excluding hydrogens is 1020 g/mol. The van der Waals surface area contributed by atoms with Gasteiger partial charge < -0.3 is 53.0 Å². The van der Waals surface area contributed by atoms with Gasteiger partial charge in [0, 0.05) is 38.5 Å². The van der Waals surface area contributed by atoms with Crippen molar-refractivity contribution in [1.29, 1.82) is 0 Å². The number of esters is 7. The van der Waals surface area contributed by atoms with Gasteiger partial charge in [-0.3, -0.25) is 24.0 Å². The molecule has 0 heterocycles. The fourth-order valence-corrected chi connectivity index (χ4v) is 6.52. The lowest BCUT2D eigenvalue weighted by Gasteiger charge is -2.18. The first kappa shape index (κ1) is 66.6. The summed E-state index contributed by atoms with van der Waals surface area (Å²) in [7, 11) is 0. The number of hydrogen-bond donors (Lipinski definition) is 1. The zero-order valence-electron chi connectivity index (χ0n) is 43.0. The number of rotatable bonds is 47. The quantitative estimate of drug-likeness (QED) is 0.0211. The number of hydrogen-bond acceptors (Lipinski definition) is 24. The first-order chi connectivity index (χ1) is 36.4. The summed E-state index contributed by atoms with van der Waals surface area (Å²) in [5, 5.41) is 30.4. The summed E-state index contributed by atoms with van der Waals surface area (Å²) in [5.74, 6) is -4.68. The number of carbonyl (C=O) groups excluding carboxylic acids is 8. The number of carbonyl (C=O) groups is 8. The van der Waals surface area contributed by atoms with Crippen molar-refractivity contribution < 1.29 is 101 Å². The third-order valence-corrected chi connectivity index (χ3v) is 10.5. The molecule has 1 N–H and O–H groups in total. The lowest BCUT2D eigenvalue weighted by Crippen LogP contribution is -2.43. The van der Waals surface area contributed by atoms with Gasteiger partial charge in [0.1, 0.15) is 11.8 Å². The minimum absolute atomic E-state index is 0.00182. The van der Waals surface area contributed by atoms with Crippen molar-refractivity contribution in [2.24, 2.45) is 0 Å². The van der Waals surface area contributed by atoms with E-state index in [0.29, 0.717) is 115 Å². The molecule has 0 aliphatic carbocycles. The molecule has 0 spiro atoms. The van der Waals surface area contributed by atoms with Gasteiger partial charge in [0.25, 0.3) is 15.3 Å². The van der Waals surface area contributed by atoms with Crippen LogP contribution in [0.25, 0.3) is 0 Å². The molecule has 1 rings (SSSR count). The van der Waals surface area contributed by atoms with E-state index in [1.807, 2.05) is 0 Å². The average molecular weight is 1090 g/mol. The summed E-state index contributed by atoms with van der Waals surface area (Å²) in [4.78, 5) is 141. The second kappa shape index (κ2) is 42.9. The van der Waals surface area contributed by atoms with Crippen LogP contribution in [0.2, 0.25) is 0 Å². The Morgan fingerprint density at radius 2 is 0.816 bits per heavy atom. The molecule has 2 unspecified atom stereocenters. The van der Waals surface area contributed by atoms with Crippen molar-refractivity contribution >= 4 is 47.7 Å². The average Bonchev–Trinajstić information content (AvgIpc) is 3.37. The maximum absolute atomic E-state index is 13.2. The van der Waals surface area contributed by atoms with E-state index in [4.69, 9.17) is 33.2 Å². The first-order valence-electron chi connectivity index (χ1n) is 25.4. The molecule has 28 nitrogen and oxygen atoms in total. The molecule has 0 aliphatic heterocycles. The molecule has 1 amide bonds. The van der Waals surface area contributed by atoms with Crippen LogP contribution in [0.4, 0.5) is 0 Å². The highest BCUT2D eigenvalue weighted by Gasteiger charge is 2.24. The lowest BCUT2D eigenvalue weighted by molar-refractivity contribution is -0.757. The minimum Gasteiger partial charge on any atom is -0.466 e. The normalized spacial score (nSPS) is 11.4. The molecule has 0 bridgehead atoms. The minimum atomic E-state index is -1.42. The van der Waals surface area contributed by atoms with Crippen molar-refractivity contribution in [1.82, 2.24) is 5.32 Å². The summed E-state index contributed by atoms with van der Waals surface area (Å²) in [6.45, 7) is 0.868. The Balaban J connectivity index is 2.25. The van der Waals surface area contributed by atoms with Gasteiger partial charge in [-0.05, 0) is 127 Å². The molecule has 2 atom stereocenters. The van der Waals surface area contributed by atoms with Crippen LogP contribution in [-0.2, 0) is 87.7 Å². The van der Waals surface area contributed by atoms with Gasteiger partial charge in [-0.2, -0.15) is 0 Å². The Bertz CT molecular complexity index is 1930. The summed E-state index contributed by atoms with van der Waals surface area (Å²) in [6, 6.07) is 4.72. The van der Waals surface area contributed by atoms with Crippen molar-refractivity contribution in [2.45, 2.75) is 167 Å². The van der Waals surface area contributed by atoms with Crippen molar-refractivity contribution in [2.75, 3.05) is 52.9 Å². The molecule has 0 aliphatic rings. The summed E-state index contributed by atoms with van der Waals surface area (Å²) in [6.07, 6.45) is 8.40. The maximum atomic E-state index is 13.2. The first-order valence-corrected chi connectivity index (χ1v) is 25.4. The molecule has 0 fully saturated rings. The van der Waals surface area contributed by atoms with Crippen LogP contribution < -0.4 is 10.1 Å². The summed E-state index contributed by atoms with van der Waals surface area (Å²) < 4.78 is 36.2. The van der Waals surface area contributed by atoms with Crippen LogP contribution in [0, 0.1) is 30.3 Å². The maximum Gasteiger partial charge on any atom is 0.352 e. The predicted molar refractivity (Wildman–Crippen MR) is 258 cm³/mol. The van der Waals surface area contributed by atoms with Crippen LogP contribution in [0.15, 0.2) is 24.3 Å². The standard InChI is InChI=1S/C48H72N4O24/c1-37(75-46(58)36-74-52(65)66)47(59)76-39-26-24-38(25-27-39)35-40(49-41(53)19-7-2-16-33-72-50(61)62)48(60)71-32-15-6-11-23-44(56)69-30-13-4-9-21-42(54)67-28-12-3-8-20-43(55)68-29-14-5-10-22-45(57)70-31-17-18-34-73-51(63)64/h24-27,37,40H,2-23,28-36H2,1H3,(H,49,53). The van der Waals surface area contributed by atoms with E-state index in [-0.39, 0.29) is 114 Å². The number of ether oxygens (including phenoxy) is 7. The van der Waals surface area contributed by atoms with Crippen LogP contribution in [0.5, 0.6) is 5.75 Å². The second-order valence-electron chi connectivity index (χ2n) is 16.9. The van der Waals surface area contributed by atoms with E-state index < -0.39 is 57.8 Å². The van der Waals surface area contributed by atoms with Gasteiger partial charge >= 0.3 is 41.8 Å². The van der Waals surface area contributed by atoms with Crippen LogP contribution in [-0.4, -0.2) is 128 Å². The van der Waals surface area contributed by atoms with E-state index in [1.54, 1.807) is 0 Å². The van der Waals surface area contributed by atoms with Gasteiger partial charge in [0.15, 0.2) is 12.7 Å². The van der Waals surface area contributed by atoms with Gasteiger partial charge in [0.2, 0.25) is 5.91 Å². The third kappa shape index (κ3) is 39.1. The fraction of sp³-hybridized carbons (Fsp3) is 0.708. The van der Waals surface area contributed by atoms with Crippen molar-refractivity contribution in [3.8, 4) is 5.75 Å². The van der Waals surface area contributed by atoms with E-state index in [1.165, 1.54) is 31.2 Å². The topological polar surface area (TPSA) is 370 Å². The van der Waals surface area contributed by atoms with E-state index in [0.717, 1.165) is 0 Å². The molecule has 0 radical (unpaired) electrons. The van der Waals surface area contributed by atoms with E-state index in [2.05, 4.69) is 19.8 Å². The Morgan fingerprint density at radius 3 is 1.24 bits per heavy atom. The largest absolute Gasteiger partial charge is 0.466 e. The molecule has 0 saturated heterocycles. The molecule has 0 aromatic heterocycles. The zero-order valence-corrected chi connectivity index (χ0v) is 43.0. The van der Waals surface area contributed by atoms with E-state index in [9.17, 15) is 68.7 Å². The second-order valence-corrected chi connectivity index (χ2v) is 16.9. The molecular formula is C48H72N4O24. The number of benzene rings is 1. The number of nitrogens with one attached hydrogen (secondary N) is 1. The lowest BCUT2D eigenvalue weighted by atomic mass is 10.1. The molecule has 1 aromatic rings. The summed E-state index contributed by atoms with van der Waals surface area (Å²) in [5.41, 5.74) is 0.537. The monoisotopic (exact) mass is 1090 g/mol. The number of nitrogens with zero attached hydrogens (tertiary/aromatic N) is 3. The van der Waals surface area contributed by atoms with Crippen molar-refractivity contribution in [3.05, 3.63) is 60.2 Å². The van der Waals surface area contributed by atoms with Gasteiger partial charge in [-0.15, -0.1) is 30.3 Å². The number of amides is 1. The van der Waals surface area contributed by atoms with Crippen molar-refractivity contribution in [3.63, 3.8) is 0 Å². The molecule has 428 valence electrons. The Hall–Kier alpha value is -7.42. The highest BCUT2D eigenvalue weighted by molar-refractivity contribution is 5.85. The molecule has 28 heteroatoms. The van der Waals surface area contributed by atoms with Crippen LogP contribution in [0.3, 0.4) is 0 Å². The van der Waals surface area contributed by atoms with Crippen LogP contribution in [0.1, 0.15) is 154 Å². The highest BCUT2D eigenvalue weighted by atomic mass is 17.0. The smallest absolute Gasteiger partial charge is 0.352 e. The van der Waals surface area contributed by atoms with Gasteiger partial charge in [-0.1, -0.05) is 18.6 Å². The van der Waals surface area contributed by atoms with Gasteiger partial charge in [-0.25, -0.2) is 14.4 Å². The molecule has 1 aromatic carbocycles. The Labute approximate surface area is 439 Å². The molecule has 0 saturated carbocycles. The zero-order chi connectivity index (χ0) is 56.2. The Morgan fingerprint density at radius 1 is 0.447 bits per heavy atom. The highest BCUT2D eigenvalue weighted by Crippen LogP contribution is 2.16. The summed E-state index contributed by atoms with van der Waals surface area (Å²) >= 11 is 0. The van der Waals surface area contributed by atoms with E-state index >= 15 is 0 Å². The number of unbranched alkanes of at least 4 members (excludes halogenated alkanes) is 11. The fourth-order valence-electron chi connectivity index (χ4n) is 6.52.